The number of nitrogens with one attached hydrogen (secondary N) is 2. The van der Waals surface area contributed by atoms with Crippen LogP contribution in [0.25, 0.3) is 28.2 Å². The van der Waals surface area contributed by atoms with Gasteiger partial charge in [0.1, 0.15) is 17.2 Å². The molecule has 0 spiro atoms. The van der Waals surface area contributed by atoms with Gasteiger partial charge in [-0.25, -0.2) is 10.1 Å². The molecule has 0 unspecified atom stereocenters. The molecule has 168 valence electrons. The monoisotopic (exact) mass is 459 g/mol. The second-order valence-corrected chi connectivity index (χ2v) is 7.46. The zero-order chi connectivity index (χ0) is 24.2. The molecule has 0 radical (unpaired) electrons. The van der Waals surface area contributed by atoms with Gasteiger partial charge in [-0.3, -0.25) is 9.59 Å². The number of aromatic nitrogens is 5. The lowest BCUT2D eigenvalue weighted by Crippen LogP contribution is -2.27. The number of benzene rings is 2. The minimum atomic E-state index is -0.709. The van der Waals surface area contributed by atoms with Gasteiger partial charge < -0.3 is 5.32 Å². The van der Waals surface area contributed by atoms with E-state index in [9.17, 15) is 14.9 Å². The highest BCUT2D eigenvalue weighted by atomic mass is 16.2. The number of aromatic amines is 1. The van der Waals surface area contributed by atoms with Crippen molar-refractivity contribution in [3.63, 3.8) is 0 Å². The molecule has 5 rings (SSSR count). The van der Waals surface area contributed by atoms with E-state index >= 15 is 0 Å². The molecule has 35 heavy (non-hydrogen) atoms. The predicted molar refractivity (Wildman–Crippen MR) is 130 cm³/mol. The molecule has 0 aliphatic carbocycles. The van der Waals surface area contributed by atoms with E-state index in [4.69, 9.17) is 0 Å². The Morgan fingerprint density at radius 1 is 0.943 bits per heavy atom. The zero-order valence-corrected chi connectivity index (χ0v) is 18.2. The lowest BCUT2D eigenvalue weighted by Gasteiger charge is -2.14. The molecule has 3 heterocycles. The van der Waals surface area contributed by atoms with Gasteiger partial charge in [0.15, 0.2) is 11.6 Å². The van der Waals surface area contributed by atoms with Crippen molar-refractivity contribution in [2.75, 3.05) is 5.32 Å². The quantitative estimate of drug-likeness (QED) is 0.411. The number of pyridine rings is 1. The summed E-state index contributed by atoms with van der Waals surface area (Å²) in [4.78, 5) is 30.9. The Labute approximate surface area is 199 Å². The Bertz CT molecular complexity index is 1600. The molecule has 0 aliphatic rings. The van der Waals surface area contributed by atoms with Crippen LogP contribution in [0.4, 0.5) is 5.82 Å². The number of H-pyrrole nitrogens is 1. The third-order valence-electron chi connectivity index (χ3n) is 5.31. The van der Waals surface area contributed by atoms with E-state index in [0.29, 0.717) is 22.6 Å². The number of rotatable bonds is 5. The van der Waals surface area contributed by atoms with Crippen molar-refractivity contribution in [1.82, 2.24) is 25.0 Å². The molecule has 0 saturated heterocycles. The zero-order valence-electron chi connectivity index (χ0n) is 18.2. The molecule has 0 aliphatic heterocycles. The maximum atomic E-state index is 13.6. The number of nitriles is 1. The topological polar surface area (TPSA) is 129 Å². The molecular formula is C26H17N7O2. The molecule has 2 N–H and O–H groups in total. The molecule has 9 nitrogen and oxygen atoms in total. The van der Waals surface area contributed by atoms with Gasteiger partial charge in [0.2, 0.25) is 0 Å². The van der Waals surface area contributed by atoms with Crippen molar-refractivity contribution >= 4 is 11.7 Å². The van der Waals surface area contributed by atoms with E-state index in [-0.39, 0.29) is 16.9 Å². The third-order valence-corrected chi connectivity index (χ3v) is 5.31. The first-order chi connectivity index (χ1) is 17.2. The van der Waals surface area contributed by atoms with Gasteiger partial charge in [0.05, 0.1) is 11.9 Å². The lowest BCUT2D eigenvalue weighted by atomic mass is 9.95. The van der Waals surface area contributed by atoms with Gasteiger partial charge in [-0.05, 0) is 17.7 Å². The number of carbonyl (C=O) groups is 1. The number of hydrogen-bond donors (Lipinski definition) is 2. The van der Waals surface area contributed by atoms with Crippen LogP contribution in [0.3, 0.4) is 0 Å². The molecule has 0 atom stereocenters. The van der Waals surface area contributed by atoms with Gasteiger partial charge >= 0.3 is 0 Å². The molecule has 9 heteroatoms. The van der Waals surface area contributed by atoms with E-state index < -0.39 is 11.5 Å². The Kier molecular flexibility index (Phi) is 5.68. The molecule has 0 bridgehead atoms. The van der Waals surface area contributed by atoms with Gasteiger partial charge in [0, 0.05) is 17.3 Å². The second kappa shape index (κ2) is 9.25. The summed E-state index contributed by atoms with van der Waals surface area (Å²) in [6, 6.07) is 25.5. The van der Waals surface area contributed by atoms with Crippen molar-refractivity contribution in [3.8, 4) is 34.3 Å². The van der Waals surface area contributed by atoms with Crippen molar-refractivity contribution in [3.05, 3.63) is 113 Å². The Balaban J connectivity index is 1.68. The minimum absolute atomic E-state index is 0.104. The summed E-state index contributed by atoms with van der Waals surface area (Å²) in [6.07, 6.45) is 2.90. The predicted octanol–water partition coefficient (Wildman–Crippen LogP) is 3.81. The Hall–Kier alpha value is -5.36. The molecular weight excluding hydrogens is 442 g/mol. The van der Waals surface area contributed by atoms with Crippen LogP contribution >= 0.6 is 0 Å². The third kappa shape index (κ3) is 4.07. The highest BCUT2D eigenvalue weighted by molar-refractivity contribution is 6.10. The first kappa shape index (κ1) is 21.5. The van der Waals surface area contributed by atoms with Crippen molar-refractivity contribution in [2.45, 2.75) is 0 Å². The van der Waals surface area contributed by atoms with Crippen molar-refractivity contribution < 1.29 is 4.79 Å². The van der Waals surface area contributed by atoms with Gasteiger partial charge in [-0.1, -0.05) is 66.7 Å². The summed E-state index contributed by atoms with van der Waals surface area (Å²) < 4.78 is 1.34. The summed E-state index contributed by atoms with van der Waals surface area (Å²) in [5.74, 6) is -0.201. The fraction of sp³-hybridized carbons (Fsp3) is 0. The smallest absolute Gasteiger partial charge is 0.277 e. The SMILES string of the molecule is N#Cc1cnn(-c2ccccn2)c1NC(=O)c1c(-c2ccccc2)c(-c2ccccc2)n[nH]c1=O. The van der Waals surface area contributed by atoms with Crippen LogP contribution in [0.15, 0.2) is 96.1 Å². The highest BCUT2D eigenvalue weighted by Gasteiger charge is 2.25. The Morgan fingerprint density at radius 3 is 2.29 bits per heavy atom. The van der Waals surface area contributed by atoms with Crippen LogP contribution < -0.4 is 10.9 Å². The van der Waals surface area contributed by atoms with Crippen LogP contribution in [0.2, 0.25) is 0 Å². The lowest BCUT2D eigenvalue weighted by molar-refractivity contribution is 0.102. The number of nitrogens with zero attached hydrogens (tertiary/aromatic N) is 5. The number of amides is 1. The van der Waals surface area contributed by atoms with E-state index in [2.05, 4.69) is 25.6 Å². The normalized spacial score (nSPS) is 10.5. The Morgan fingerprint density at radius 2 is 1.63 bits per heavy atom. The average Bonchev–Trinajstić information content (AvgIpc) is 3.32. The highest BCUT2D eigenvalue weighted by Crippen LogP contribution is 2.32. The van der Waals surface area contributed by atoms with Gasteiger partial charge in [-0.2, -0.15) is 20.1 Å². The van der Waals surface area contributed by atoms with Crippen LogP contribution in [-0.2, 0) is 0 Å². The standard InChI is InChI=1S/C26H17N7O2/c27-15-19-16-29-33(20-13-7-8-14-28-20)24(19)30-25(34)22-21(17-9-3-1-4-10-17)23(31-32-26(22)35)18-11-5-2-6-12-18/h1-14,16H,(H,30,34)(H,32,35). The van der Waals surface area contributed by atoms with Crippen LogP contribution in [0, 0.1) is 11.3 Å². The van der Waals surface area contributed by atoms with Crippen molar-refractivity contribution in [1.29, 1.82) is 5.26 Å². The van der Waals surface area contributed by atoms with Crippen molar-refractivity contribution in [2.24, 2.45) is 0 Å². The molecule has 5 aromatic rings. The van der Waals surface area contributed by atoms with E-state index in [1.54, 1.807) is 36.5 Å². The second-order valence-electron chi connectivity index (χ2n) is 7.46. The number of anilines is 1. The van der Waals surface area contributed by atoms with Crippen LogP contribution in [0.1, 0.15) is 15.9 Å². The summed E-state index contributed by atoms with van der Waals surface area (Å²) >= 11 is 0. The summed E-state index contributed by atoms with van der Waals surface area (Å²) in [7, 11) is 0. The van der Waals surface area contributed by atoms with Gasteiger partial charge in [-0.15, -0.1) is 0 Å². The first-order valence-electron chi connectivity index (χ1n) is 10.6. The number of carbonyl (C=O) groups excluding carboxylic acids is 1. The fourth-order valence-electron chi connectivity index (χ4n) is 3.73. The largest absolute Gasteiger partial charge is 0.305 e. The van der Waals surface area contributed by atoms with E-state index in [1.165, 1.54) is 10.9 Å². The molecule has 3 aromatic heterocycles. The average molecular weight is 459 g/mol. The van der Waals surface area contributed by atoms with E-state index in [1.807, 2.05) is 54.6 Å². The van der Waals surface area contributed by atoms with Crippen LogP contribution in [0.5, 0.6) is 0 Å². The summed E-state index contributed by atoms with van der Waals surface area (Å²) in [5.41, 5.74) is 1.52. The van der Waals surface area contributed by atoms with Gasteiger partial charge in [0.25, 0.3) is 11.5 Å². The maximum Gasteiger partial charge on any atom is 0.277 e. The molecule has 1 amide bonds. The fourth-order valence-corrected chi connectivity index (χ4v) is 3.73. The maximum absolute atomic E-state index is 13.6. The molecule has 2 aromatic carbocycles. The first-order valence-corrected chi connectivity index (χ1v) is 10.6. The minimum Gasteiger partial charge on any atom is -0.305 e. The summed E-state index contributed by atoms with van der Waals surface area (Å²) in [6.45, 7) is 0. The number of hydrogen-bond acceptors (Lipinski definition) is 6. The van der Waals surface area contributed by atoms with E-state index in [0.717, 1.165) is 5.56 Å². The van der Waals surface area contributed by atoms with Crippen LogP contribution in [-0.4, -0.2) is 30.9 Å². The molecule has 0 saturated carbocycles. The molecule has 0 fully saturated rings. The summed E-state index contributed by atoms with van der Waals surface area (Å²) in [5, 5.41) is 23.2.